The first-order valence-corrected chi connectivity index (χ1v) is 8.79. The highest BCUT2D eigenvalue weighted by atomic mass is 16.5. The van der Waals surface area contributed by atoms with Gasteiger partial charge in [-0.3, -0.25) is 4.79 Å². The van der Waals surface area contributed by atoms with Gasteiger partial charge >= 0.3 is 0 Å². The van der Waals surface area contributed by atoms with Crippen LogP contribution in [-0.2, 0) is 17.9 Å². The third kappa shape index (κ3) is 4.17. The molecule has 7 heteroatoms. The molecular formula is C18H25N5O2. The van der Waals surface area contributed by atoms with Crippen molar-refractivity contribution >= 4 is 11.7 Å². The van der Waals surface area contributed by atoms with Crippen molar-refractivity contribution in [3.05, 3.63) is 41.6 Å². The average Bonchev–Trinajstić information content (AvgIpc) is 3.01. The number of carbonyl (C=O) groups is 1. The molecular weight excluding hydrogens is 318 g/mol. The van der Waals surface area contributed by atoms with Crippen LogP contribution in [0.2, 0.25) is 0 Å². The molecule has 134 valence electrons. The van der Waals surface area contributed by atoms with Crippen molar-refractivity contribution in [2.75, 3.05) is 25.4 Å². The highest BCUT2D eigenvalue weighted by Gasteiger charge is 2.27. The second kappa shape index (κ2) is 8.11. The van der Waals surface area contributed by atoms with Gasteiger partial charge < -0.3 is 15.4 Å². The molecule has 0 atom stereocenters. The molecule has 1 aromatic carbocycles. The zero-order valence-corrected chi connectivity index (χ0v) is 14.6. The van der Waals surface area contributed by atoms with Crippen molar-refractivity contribution < 1.29 is 9.53 Å². The fourth-order valence-electron chi connectivity index (χ4n) is 3.18. The molecule has 2 heterocycles. The first kappa shape index (κ1) is 17.4. The van der Waals surface area contributed by atoms with Crippen molar-refractivity contribution in [1.82, 2.24) is 19.9 Å². The number of benzene rings is 1. The van der Waals surface area contributed by atoms with Crippen molar-refractivity contribution in [2.24, 2.45) is 5.92 Å². The van der Waals surface area contributed by atoms with Crippen LogP contribution in [0.25, 0.3) is 0 Å². The molecule has 3 rings (SSSR count). The quantitative estimate of drug-likeness (QED) is 0.866. The maximum Gasteiger partial charge on any atom is 0.278 e. The highest BCUT2D eigenvalue weighted by molar-refractivity contribution is 5.96. The van der Waals surface area contributed by atoms with Crippen LogP contribution >= 0.6 is 0 Å². The van der Waals surface area contributed by atoms with E-state index in [1.165, 1.54) is 10.2 Å². The molecule has 1 aromatic heterocycles. The third-order valence-electron chi connectivity index (χ3n) is 4.66. The minimum atomic E-state index is -0.140. The molecule has 7 nitrogen and oxygen atoms in total. The Morgan fingerprint density at radius 1 is 1.28 bits per heavy atom. The molecule has 0 radical (unpaired) electrons. The normalized spacial score (nSPS) is 15.5. The van der Waals surface area contributed by atoms with Gasteiger partial charge in [0.1, 0.15) is 6.73 Å². The van der Waals surface area contributed by atoms with Gasteiger partial charge in [0.15, 0.2) is 11.5 Å². The standard InChI is InChI=1S/C18H25N5O2/c1-2-25-13-23-17(19)16(20-21-23)18(24)22-10-8-15(9-11-22)12-14-6-4-3-5-7-14/h3-7,15H,2,8-13,19H2,1H3. The van der Waals surface area contributed by atoms with Crippen LogP contribution in [0.5, 0.6) is 0 Å². The molecule has 1 amide bonds. The molecule has 2 aromatic rings. The Hall–Kier alpha value is -2.41. The summed E-state index contributed by atoms with van der Waals surface area (Å²) in [5.74, 6) is 0.737. The van der Waals surface area contributed by atoms with Crippen molar-refractivity contribution in [3.8, 4) is 0 Å². The van der Waals surface area contributed by atoms with Crippen molar-refractivity contribution in [3.63, 3.8) is 0 Å². The zero-order chi connectivity index (χ0) is 17.6. The number of nitrogens with two attached hydrogens (primary N) is 1. The van der Waals surface area contributed by atoms with Crippen LogP contribution in [-0.4, -0.2) is 45.5 Å². The summed E-state index contributed by atoms with van der Waals surface area (Å²) < 4.78 is 6.68. The summed E-state index contributed by atoms with van der Waals surface area (Å²) in [4.78, 5) is 14.5. The largest absolute Gasteiger partial charge is 0.382 e. The Labute approximate surface area is 147 Å². The number of anilines is 1. The summed E-state index contributed by atoms with van der Waals surface area (Å²) in [6.45, 7) is 4.11. The van der Waals surface area contributed by atoms with Gasteiger partial charge in [-0.15, -0.1) is 5.10 Å². The Morgan fingerprint density at radius 3 is 2.68 bits per heavy atom. The summed E-state index contributed by atoms with van der Waals surface area (Å²) in [6.07, 6.45) is 3.05. The second-order valence-electron chi connectivity index (χ2n) is 6.37. The monoisotopic (exact) mass is 343 g/mol. The van der Waals surface area contributed by atoms with E-state index >= 15 is 0 Å². The molecule has 0 aliphatic carbocycles. The van der Waals surface area contributed by atoms with Gasteiger partial charge in [-0.25, -0.2) is 4.68 Å². The first-order chi connectivity index (χ1) is 12.2. The number of rotatable bonds is 6. The number of likely N-dealkylation sites (tertiary alicyclic amines) is 1. The Morgan fingerprint density at radius 2 is 2.00 bits per heavy atom. The number of ether oxygens (including phenoxy) is 1. The van der Waals surface area contributed by atoms with Gasteiger partial charge in [0, 0.05) is 19.7 Å². The van der Waals surface area contributed by atoms with E-state index in [9.17, 15) is 4.79 Å². The van der Waals surface area contributed by atoms with Gasteiger partial charge in [0.05, 0.1) is 0 Å². The van der Waals surface area contributed by atoms with Crippen LogP contribution in [0.4, 0.5) is 5.82 Å². The number of carbonyl (C=O) groups excluding carboxylic acids is 1. The SMILES string of the molecule is CCOCn1nnc(C(=O)N2CCC(Cc3ccccc3)CC2)c1N. The minimum absolute atomic E-state index is 0.140. The fraction of sp³-hybridized carbons (Fsp3) is 0.500. The maximum absolute atomic E-state index is 12.7. The number of hydrogen-bond donors (Lipinski definition) is 1. The van der Waals surface area contributed by atoms with E-state index < -0.39 is 0 Å². The Kier molecular flexibility index (Phi) is 5.65. The molecule has 0 bridgehead atoms. The van der Waals surface area contributed by atoms with E-state index in [4.69, 9.17) is 10.5 Å². The zero-order valence-electron chi connectivity index (χ0n) is 14.6. The average molecular weight is 343 g/mol. The number of aromatic nitrogens is 3. The maximum atomic E-state index is 12.7. The fourth-order valence-corrected chi connectivity index (χ4v) is 3.18. The van der Waals surface area contributed by atoms with Crippen molar-refractivity contribution in [1.29, 1.82) is 0 Å². The van der Waals surface area contributed by atoms with E-state index in [1.54, 1.807) is 0 Å². The molecule has 0 spiro atoms. The molecule has 25 heavy (non-hydrogen) atoms. The Balaban J connectivity index is 1.56. The number of piperidine rings is 1. The van der Waals surface area contributed by atoms with Gasteiger partial charge in [-0.05, 0) is 37.7 Å². The Bertz CT molecular complexity index is 693. The van der Waals surface area contributed by atoms with Gasteiger partial charge in [-0.2, -0.15) is 0 Å². The number of amides is 1. The second-order valence-corrected chi connectivity index (χ2v) is 6.37. The number of nitrogens with zero attached hydrogens (tertiary/aromatic N) is 4. The van der Waals surface area contributed by atoms with Crippen LogP contribution in [0, 0.1) is 5.92 Å². The molecule has 2 N–H and O–H groups in total. The molecule has 1 saturated heterocycles. The van der Waals surface area contributed by atoms with Crippen LogP contribution in [0.3, 0.4) is 0 Å². The van der Waals surface area contributed by atoms with Gasteiger partial charge in [0.25, 0.3) is 5.91 Å². The van der Waals surface area contributed by atoms with E-state index in [0.29, 0.717) is 12.5 Å². The van der Waals surface area contributed by atoms with Crippen molar-refractivity contribution in [2.45, 2.75) is 32.9 Å². The number of hydrogen-bond acceptors (Lipinski definition) is 5. The summed E-state index contributed by atoms with van der Waals surface area (Å²) in [5.41, 5.74) is 7.57. The van der Waals surface area contributed by atoms with E-state index in [-0.39, 0.29) is 24.1 Å². The van der Waals surface area contributed by atoms with Gasteiger partial charge in [-0.1, -0.05) is 35.5 Å². The number of nitrogen functional groups attached to an aromatic ring is 1. The summed E-state index contributed by atoms with van der Waals surface area (Å²) in [5, 5.41) is 7.86. The van der Waals surface area contributed by atoms with E-state index in [2.05, 4.69) is 34.6 Å². The van der Waals surface area contributed by atoms with E-state index in [1.807, 2.05) is 17.9 Å². The van der Waals surface area contributed by atoms with Crippen LogP contribution in [0.1, 0.15) is 35.8 Å². The molecule has 1 aliphatic heterocycles. The lowest BCUT2D eigenvalue weighted by Crippen LogP contribution is -2.39. The highest BCUT2D eigenvalue weighted by Crippen LogP contribution is 2.23. The first-order valence-electron chi connectivity index (χ1n) is 8.79. The lowest BCUT2D eigenvalue weighted by Gasteiger charge is -2.31. The molecule has 0 unspecified atom stereocenters. The predicted octanol–water partition coefficient (Wildman–Crippen LogP) is 1.95. The molecule has 1 aliphatic rings. The minimum Gasteiger partial charge on any atom is -0.382 e. The molecule has 0 saturated carbocycles. The summed E-state index contributed by atoms with van der Waals surface area (Å²) >= 11 is 0. The lowest BCUT2D eigenvalue weighted by atomic mass is 9.90. The smallest absolute Gasteiger partial charge is 0.278 e. The predicted molar refractivity (Wildman–Crippen MR) is 94.8 cm³/mol. The molecule has 1 fully saturated rings. The van der Waals surface area contributed by atoms with Gasteiger partial charge in [0.2, 0.25) is 0 Å². The summed E-state index contributed by atoms with van der Waals surface area (Å²) in [7, 11) is 0. The summed E-state index contributed by atoms with van der Waals surface area (Å²) in [6, 6.07) is 10.5. The lowest BCUT2D eigenvalue weighted by molar-refractivity contribution is 0.0685. The third-order valence-corrected chi connectivity index (χ3v) is 4.66. The van der Waals surface area contributed by atoms with Crippen LogP contribution in [0.15, 0.2) is 30.3 Å². The van der Waals surface area contributed by atoms with E-state index in [0.717, 1.165) is 32.4 Å². The topological polar surface area (TPSA) is 86.3 Å². The van der Waals surface area contributed by atoms with Crippen LogP contribution < -0.4 is 5.73 Å².